The maximum atomic E-state index is 13.8. The predicted molar refractivity (Wildman–Crippen MR) is 71.4 cm³/mol. The zero-order chi connectivity index (χ0) is 15.7. The number of hydrogen-bond acceptors (Lipinski definition) is 6. The average Bonchev–Trinajstić information content (AvgIpc) is 2.38. The van der Waals surface area contributed by atoms with Crippen LogP contribution in [0.3, 0.4) is 0 Å². The standard InChI is InChI=1S/C12H11F2N5O2/c1-5-2-3-6(9(14)8(5)13)4-7-10(19(20)21)11(15)18-12(16)17-7/h2-3H,4H2,1H3,(H4,15,16,17,18). The molecular weight excluding hydrogens is 284 g/mol. The van der Waals surface area contributed by atoms with E-state index >= 15 is 0 Å². The van der Waals surface area contributed by atoms with Crippen LogP contribution in [0.25, 0.3) is 0 Å². The Labute approximate surface area is 117 Å². The lowest BCUT2D eigenvalue weighted by atomic mass is 10.1. The van der Waals surface area contributed by atoms with Gasteiger partial charge < -0.3 is 11.5 Å². The van der Waals surface area contributed by atoms with E-state index in [0.29, 0.717) is 0 Å². The summed E-state index contributed by atoms with van der Waals surface area (Å²) in [6.45, 7) is 1.41. The molecule has 7 nitrogen and oxygen atoms in total. The van der Waals surface area contributed by atoms with Gasteiger partial charge in [-0.1, -0.05) is 12.1 Å². The van der Waals surface area contributed by atoms with Gasteiger partial charge in [-0.05, 0) is 18.1 Å². The minimum absolute atomic E-state index is 0.0845. The molecule has 0 bridgehead atoms. The first-order valence-corrected chi connectivity index (χ1v) is 5.81. The van der Waals surface area contributed by atoms with Crippen molar-refractivity contribution in [2.24, 2.45) is 0 Å². The van der Waals surface area contributed by atoms with Gasteiger partial charge in [-0.3, -0.25) is 10.1 Å². The zero-order valence-electron chi connectivity index (χ0n) is 10.9. The second-order valence-electron chi connectivity index (χ2n) is 4.37. The van der Waals surface area contributed by atoms with E-state index in [4.69, 9.17) is 11.5 Å². The fourth-order valence-corrected chi connectivity index (χ4v) is 1.87. The molecule has 21 heavy (non-hydrogen) atoms. The van der Waals surface area contributed by atoms with E-state index < -0.39 is 28.1 Å². The number of nitro groups is 1. The van der Waals surface area contributed by atoms with Crippen molar-refractivity contribution in [1.82, 2.24) is 9.97 Å². The number of nitrogens with two attached hydrogens (primary N) is 2. The Hall–Kier alpha value is -2.84. The monoisotopic (exact) mass is 295 g/mol. The van der Waals surface area contributed by atoms with Crippen LogP contribution >= 0.6 is 0 Å². The molecule has 0 aliphatic rings. The molecule has 2 aromatic rings. The van der Waals surface area contributed by atoms with Crippen molar-refractivity contribution in [3.63, 3.8) is 0 Å². The normalized spacial score (nSPS) is 10.6. The van der Waals surface area contributed by atoms with E-state index in [1.54, 1.807) is 0 Å². The highest BCUT2D eigenvalue weighted by Gasteiger charge is 2.24. The first-order valence-electron chi connectivity index (χ1n) is 5.81. The van der Waals surface area contributed by atoms with E-state index in [1.165, 1.54) is 19.1 Å². The fourth-order valence-electron chi connectivity index (χ4n) is 1.87. The Balaban J connectivity index is 2.54. The number of benzene rings is 1. The molecule has 0 saturated heterocycles. The van der Waals surface area contributed by atoms with Gasteiger partial charge in [0.2, 0.25) is 11.8 Å². The molecule has 0 aliphatic heterocycles. The van der Waals surface area contributed by atoms with Crippen molar-refractivity contribution in [3.05, 3.63) is 50.7 Å². The van der Waals surface area contributed by atoms with Gasteiger partial charge >= 0.3 is 5.69 Å². The first kappa shape index (κ1) is 14.6. The first-order chi connectivity index (χ1) is 9.81. The quantitative estimate of drug-likeness (QED) is 0.657. The van der Waals surface area contributed by atoms with Gasteiger partial charge in [0, 0.05) is 6.42 Å². The van der Waals surface area contributed by atoms with Crippen molar-refractivity contribution in [2.75, 3.05) is 11.5 Å². The van der Waals surface area contributed by atoms with Gasteiger partial charge in [-0.2, -0.15) is 4.98 Å². The second-order valence-corrected chi connectivity index (χ2v) is 4.37. The van der Waals surface area contributed by atoms with Crippen LogP contribution in [0.4, 0.5) is 26.2 Å². The molecule has 4 N–H and O–H groups in total. The molecule has 2 rings (SSSR count). The number of aromatic nitrogens is 2. The predicted octanol–water partition coefficient (Wildman–Crippen LogP) is 1.73. The van der Waals surface area contributed by atoms with Crippen molar-refractivity contribution >= 4 is 17.5 Å². The smallest absolute Gasteiger partial charge is 0.332 e. The number of nitrogen functional groups attached to an aromatic ring is 2. The summed E-state index contributed by atoms with van der Waals surface area (Å²) in [6, 6.07) is 2.69. The minimum atomic E-state index is -1.08. The number of anilines is 2. The van der Waals surface area contributed by atoms with Crippen molar-refractivity contribution in [3.8, 4) is 0 Å². The van der Waals surface area contributed by atoms with Gasteiger partial charge in [0.1, 0.15) is 5.69 Å². The summed E-state index contributed by atoms with van der Waals surface area (Å²) in [6.07, 6.45) is -0.323. The van der Waals surface area contributed by atoms with Gasteiger partial charge in [-0.15, -0.1) is 0 Å². The number of halogens is 2. The molecule has 1 heterocycles. The summed E-state index contributed by atoms with van der Waals surface area (Å²) in [4.78, 5) is 17.4. The van der Waals surface area contributed by atoms with Gasteiger partial charge in [-0.25, -0.2) is 13.8 Å². The molecule has 0 unspecified atom stereocenters. The second kappa shape index (κ2) is 5.27. The molecule has 0 aliphatic carbocycles. The summed E-state index contributed by atoms with van der Waals surface area (Å²) in [5, 5.41) is 11.0. The lowest BCUT2D eigenvalue weighted by Gasteiger charge is -2.07. The fraction of sp³-hybridized carbons (Fsp3) is 0.167. The van der Waals surface area contributed by atoms with Crippen molar-refractivity contribution in [2.45, 2.75) is 13.3 Å². The minimum Gasteiger partial charge on any atom is -0.378 e. The van der Waals surface area contributed by atoms with Crippen LogP contribution in [0.2, 0.25) is 0 Å². The van der Waals surface area contributed by atoms with Gasteiger partial charge in [0.25, 0.3) is 0 Å². The highest BCUT2D eigenvalue weighted by Crippen LogP contribution is 2.27. The Bertz CT molecular complexity index is 736. The molecule has 1 aromatic heterocycles. The van der Waals surface area contributed by atoms with Crippen LogP contribution < -0.4 is 11.5 Å². The molecule has 0 radical (unpaired) electrons. The molecule has 0 fully saturated rings. The maximum Gasteiger partial charge on any atom is 0.332 e. The van der Waals surface area contributed by atoms with Crippen LogP contribution in [-0.4, -0.2) is 14.9 Å². The number of aryl methyl sites for hydroxylation is 1. The summed E-state index contributed by atoms with van der Waals surface area (Å²) in [7, 11) is 0. The molecule has 0 amide bonds. The summed E-state index contributed by atoms with van der Waals surface area (Å²) in [5.74, 6) is -2.79. The third kappa shape index (κ3) is 2.71. The van der Waals surface area contributed by atoms with E-state index in [-0.39, 0.29) is 29.2 Å². The van der Waals surface area contributed by atoms with E-state index in [1.807, 2.05) is 0 Å². The molecule has 1 aromatic carbocycles. The van der Waals surface area contributed by atoms with Crippen LogP contribution in [0, 0.1) is 28.7 Å². The molecular formula is C12H11F2N5O2. The SMILES string of the molecule is Cc1ccc(Cc2nc(N)nc(N)c2[N+](=O)[O-])c(F)c1F. The average molecular weight is 295 g/mol. The van der Waals surface area contributed by atoms with Gasteiger partial charge in [0.15, 0.2) is 11.6 Å². The van der Waals surface area contributed by atoms with E-state index in [9.17, 15) is 18.9 Å². The van der Waals surface area contributed by atoms with Crippen molar-refractivity contribution < 1.29 is 13.7 Å². The van der Waals surface area contributed by atoms with E-state index in [0.717, 1.165) is 0 Å². The Morgan fingerprint density at radius 1 is 1.24 bits per heavy atom. The topological polar surface area (TPSA) is 121 Å². The van der Waals surface area contributed by atoms with Crippen LogP contribution in [-0.2, 0) is 6.42 Å². The summed E-state index contributed by atoms with van der Waals surface area (Å²) < 4.78 is 27.4. The Morgan fingerprint density at radius 3 is 2.52 bits per heavy atom. The molecule has 9 heteroatoms. The Kier molecular flexibility index (Phi) is 3.66. The van der Waals surface area contributed by atoms with Crippen LogP contribution in [0.15, 0.2) is 12.1 Å². The lowest BCUT2D eigenvalue weighted by Crippen LogP contribution is -2.10. The maximum absolute atomic E-state index is 13.8. The third-order valence-corrected chi connectivity index (χ3v) is 2.90. The molecule has 0 spiro atoms. The molecule has 0 atom stereocenters. The number of rotatable bonds is 3. The van der Waals surface area contributed by atoms with E-state index in [2.05, 4.69) is 9.97 Å². The number of hydrogen-bond donors (Lipinski definition) is 2. The molecule has 0 saturated carbocycles. The largest absolute Gasteiger partial charge is 0.378 e. The zero-order valence-corrected chi connectivity index (χ0v) is 10.9. The lowest BCUT2D eigenvalue weighted by molar-refractivity contribution is -0.385. The Morgan fingerprint density at radius 2 is 1.90 bits per heavy atom. The highest BCUT2D eigenvalue weighted by molar-refractivity contribution is 5.58. The third-order valence-electron chi connectivity index (χ3n) is 2.90. The summed E-state index contributed by atoms with van der Waals surface area (Å²) in [5.41, 5.74) is 10.1. The molecule has 110 valence electrons. The van der Waals surface area contributed by atoms with Crippen LogP contribution in [0.1, 0.15) is 16.8 Å². The highest BCUT2D eigenvalue weighted by atomic mass is 19.2. The number of nitrogens with zero attached hydrogens (tertiary/aromatic N) is 3. The van der Waals surface area contributed by atoms with Gasteiger partial charge in [0.05, 0.1) is 4.92 Å². The van der Waals surface area contributed by atoms with Crippen molar-refractivity contribution in [1.29, 1.82) is 0 Å². The summed E-state index contributed by atoms with van der Waals surface area (Å²) >= 11 is 0. The van der Waals surface area contributed by atoms with Crippen LogP contribution in [0.5, 0.6) is 0 Å².